The second-order valence-corrected chi connectivity index (χ2v) is 10.8. The molecule has 254 valence electrons. The van der Waals surface area contributed by atoms with Gasteiger partial charge in [0.1, 0.15) is 5.82 Å². The Kier molecular flexibility index (Phi) is 16.9. The van der Waals surface area contributed by atoms with E-state index >= 15 is 0 Å². The van der Waals surface area contributed by atoms with E-state index in [1.54, 1.807) is 29.2 Å². The Hall–Kier alpha value is -4.50. The third-order valence-electron chi connectivity index (χ3n) is 7.54. The van der Waals surface area contributed by atoms with E-state index in [4.69, 9.17) is 16.5 Å². The van der Waals surface area contributed by atoms with E-state index in [1.807, 2.05) is 39.8 Å². The molecule has 1 saturated heterocycles. The van der Waals surface area contributed by atoms with Crippen molar-refractivity contribution in [2.75, 3.05) is 23.3 Å². The molecule has 3 aromatic rings. The van der Waals surface area contributed by atoms with Crippen molar-refractivity contribution in [1.29, 1.82) is 0 Å². The molecular weight excluding hydrogens is 589 g/mol. The SMILES string of the molecule is C=C(N)c1ccc(NC(=O)N(c2cccc(F)c2)C2CCN(Cc3ccc(CC/C=C(N)\C=C/CC)nc3C)CC2)cn1.CC.CC. The first-order valence-corrected chi connectivity index (χ1v) is 16.8. The number of nitrogens with two attached hydrogens (primary N) is 2. The van der Waals surface area contributed by atoms with E-state index in [0.29, 0.717) is 22.8 Å². The van der Waals surface area contributed by atoms with Crippen LogP contribution in [0, 0.1) is 12.7 Å². The number of rotatable bonds is 11. The van der Waals surface area contributed by atoms with Crippen LogP contribution in [0.5, 0.6) is 0 Å². The van der Waals surface area contributed by atoms with Crippen LogP contribution in [-0.2, 0) is 13.0 Å². The van der Waals surface area contributed by atoms with Crippen LogP contribution in [0.15, 0.2) is 85.2 Å². The number of carbonyl (C=O) groups excluding carboxylic acids is 1. The van der Waals surface area contributed by atoms with Crippen molar-refractivity contribution in [3.8, 4) is 0 Å². The molecule has 3 heterocycles. The fraction of sp³-hybridized carbons (Fsp3) is 0.395. The van der Waals surface area contributed by atoms with E-state index in [9.17, 15) is 9.18 Å². The molecule has 8 nitrogen and oxygen atoms in total. The lowest BCUT2D eigenvalue weighted by Gasteiger charge is -2.38. The second-order valence-electron chi connectivity index (χ2n) is 10.8. The van der Waals surface area contributed by atoms with E-state index < -0.39 is 0 Å². The number of allylic oxidation sites excluding steroid dienone is 3. The van der Waals surface area contributed by atoms with Crippen LogP contribution in [0.25, 0.3) is 5.70 Å². The number of nitrogens with one attached hydrogen (secondary N) is 1. The summed E-state index contributed by atoms with van der Waals surface area (Å²) in [6, 6.07) is 13.4. The Balaban J connectivity index is 0.00000185. The first kappa shape index (κ1) is 38.7. The minimum Gasteiger partial charge on any atom is -0.399 e. The van der Waals surface area contributed by atoms with Crippen LogP contribution in [-0.4, -0.2) is 40.0 Å². The minimum absolute atomic E-state index is 0.0941. The minimum atomic E-state index is -0.389. The van der Waals surface area contributed by atoms with Crippen molar-refractivity contribution in [1.82, 2.24) is 14.9 Å². The highest BCUT2D eigenvalue weighted by Gasteiger charge is 2.30. The number of benzene rings is 1. The lowest BCUT2D eigenvalue weighted by molar-refractivity contribution is 0.199. The van der Waals surface area contributed by atoms with E-state index in [-0.39, 0.29) is 17.9 Å². The molecule has 4 rings (SSSR count). The molecule has 0 bridgehead atoms. The molecule has 1 aromatic carbocycles. The molecule has 0 unspecified atom stereocenters. The topological polar surface area (TPSA) is 113 Å². The summed E-state index contributed by atoms with van der Waals surface area (Å²) in [5.41, 5.74) is 17.7. The van der Waals surface area contributed by atoms with E-state index in [1.165, 1.54) is 23.9 Å². The molecule has 2 amide bonds. The van der Waals surface area contributed by atoms with Gasteiger partial charge in [0.05, 0.1) is 23.3 Å². The maximum absolute atomic E-state index is 14.2. The molecule has 0 aliphatic carbocycles. The standard InChI is InChI=1S/C34H42FN7O.2C2H6/c1-4-5-9-28(37)10-7-11-29-14-13-26(25(3)39-29)23-41-19-17-31(18-20-41)42(32-12-6-8-27(35)21-32)34(43)40-30-15-16-33(24(2)36)38-22-30;2*1-2/h5-6,8-10,12-16,21-22,31H,2,4,7,11,17-20,23,36-37H2,1,3H3,(H,40,43);2*1-2H3/b9-5-,28-10+;;. The molecule has 9 heteroatoms. The van der Waals surface area contributed by atoms with Crippen LogP contribution in [0.2, 0.25) is 0 Å². The number of aromatic nitrogens is 2. The number of hydrogen-bond donors (Lipinski definition) is 3. The summed E-state index contributed by atoms with van der Waals surface area (Å²) in [5.74, 6) is -0.389. The zero-order chi connectivity index (χ0) is 34.8. The third-order valence-corrected chi connectivity index (χ3v) is 7.54. The molecule has 1 fully saturated rings. The zero-order valence-electron chi connectivity index (χ0n) is 29.1. The largest absolute Gasteiger partial charge is 0.399 e. The van der Waals surface area contributed by atoms with Crippen molar-refractivity contribution < 1.29 is 9.18 Å². The molecule has 0 radical (unpaired) electrons. The van der Waals surface area contributed by atoms with Crippen LogP contribution >= 0.6 is 0 Å². The molecule has 0 atom stereocenters. The van der Waals surface area contributed by atoms with Crippen molar-refractivity contribution in [3.63, 3.8) is 0 Å². The van der Waals surface area contributed by atoms with Crippen LogP contribution in [0.4, 0.5) is 20.6 Å². The average Bonchev–Trinajstić information content (AvgIpc) is 3.08. The Morgan fingerprint density at radius 3 is 2.43 bits per heavy atom. The first-order valence-electron chi connectivity index (χ1n) is 16.8. The number of piperidine rings is 1. The average molecular weight is 644 g/mol. The number of urea groups is 1. The van der Waals surface area contributed by atoms with Gasteiger partial charge < -0.3 is 16.8 Å². The molecule has 47 heavy (non-hydrogen) atoms. The summed E-state index contributed by atoms with van der Waals surface area (Å²) in [4.78, 5) is 26.7. The normalized spacial score (nSPS) is 13.6. The number of likely N-dealkylation sites (tertiary alicyclic amines) is 1. The number of nitrogens with zero attached hydrogens (tertiary/aromatic N) is 4. The summed E-state index contributed by atoms with van der Waals surface area (Å²) in [7, 11) is 0. The highest BCUT2D eigenvalue weighted by molar-refractivity contribution is 6.02. The smallest absolute Gasteiger partial charge is 0.326 e. The van der Waals surface area contributed by atoms with Crippen LogP contribution in [0.1, 0.15) is 82.9 Å². The number of halogens is 1. The summed E-state index contributed by atoms with van der Waals surface area (Å²) in [6.07, 6.45) is 11.7. The number of aryl methyl sites for hydroxylation is 2. The van der Waals surface area contributed by atoms with Gasteiger partial charge in [-0.2, -0.15) is 0 Å². The first-order chi connectivity index (χ1) is 22.7. The summed E-state index contributed by atoms with van der Waals surface area (Å²) in [5, 5.41) is 2.91. The van der Waals surface area contributed by atoms with E-state index in [0.717, 1.165) is 68.8 Å². The summed E-state index contributed by atoms with van der Waals surface area (Å²) in [6.45, 7) is 18.2. The molecule has 1 aliphatic rings. The van der Waals surface area contributed by atoms with Crippen molar-refractivity contribution in [3.05, 3.63) is 114 Å². The Labute approximate surface area is 281 Å². The van der Waals surface area contributed by atoms with Crippen molar-refractivity contribution in [2.45, 2.75) is 86.2 Å². The van der Waals surface area contributed by atoms with Gasteiger partial charge >= 0.3 is 6.03 Å². The quantitative estimate of drug-likeness (QED) is 0.181. The van der Waals surface area contributed by atoms with Gasteiger partial charge in [0.25, 0.3) is 0 Å². The second kappa shape index (κ2) is 20.6. The van der Waals surface area contributed by atoms with Crippen molar-refractivity contribution in [2.24, 2.45) is 11.5 Å². The predicted molar refractivity (Wildman–Crippen MR) is 195 cm³/mol. The summed E-state index contributed by atoms with van der Waals surface area (Å²) < 4.78 is 14.2. The molecular formula is C38H54FN7O. The molecule has 2 aromatic heterocycles. The number of carbonyl (C=O) groups is 1. The number of hydrogen-bond acceptors (Lipinski definition) is 6. The van der Waals surface area contributed by atoms with Gasteiger partial charge in [-0.1, -0.05) is 65.5 Å². The maximum atomic E-state index is 14.2. The Bertz CT molecular complexity index is 1460. The van der Waals surface area contributed by atoms with Gasteiger partial charge in [-0.25, -0.2) is 9.18 Å². The predicted octanol–water partition coefficient (Wildman–Crippen LogP) is 8.35. The zero-order valence-corrected chi connectivity index (χ0v) is 29.1. The molecule has 0 saturated carbocycles. The monoisotopic (exact) mass is 643 g/mol. The van der Waals surface area contributed by atoms with Gasteiger partial charge in [0.15, 0.2) is 0 Å². The fourth-order valence-electron chi connectivity index (χ4n) is 5.19. The number of amides is 2. The van der Waals surface area contributed by atoms with Crippen LogP contribution in [0.3, 0.4) is 0 Å². The fourth-order valence-corrected chi connectivity index (χ4v) is 5.19. The van der Waals surface area contributed by atoms with Gasteiger partial charge in [0, 0.05) is 48.4 Å². The third kappa shape index (κ3) is 12.3. The lowest BCUT2D eigenvalue weighted by Crippen LogP contribution is -2.49. The van der Waals surface area contributed by atoms with Crippen LogP contribution < -0.4 is 21.7 Å². The van der Waals surface area contributed by atoms with Crippen molar-refractivity contribution >= 4 is 23.1 Å². The molecule has 1 aliphatic heterocycles. The van der Waals surface area contributed by atoms with E-state index in [2.05, 4.69) is 53.8 Å². The van der Waals surface area contributed by atoms with Gasteiger partial charge in [-0.3, -0.25) is 19.8 Å². The summed E-state index contributed by atoms with van der Waals surface area (Å²) >= 11 is 0. The Morgan fingerprint density at radius 1 is 1.11 bits per heavy atom. The Morgan fingerprint density at radius 2 is 1.83 bits per heavy atom. The molecule has 0 spiro atoms. The molecule has 5 N–H and O–H groups in total. The number of anilines is 2. The number of pyridine rings is 2. The maximum Gasteiger partial charge on any atom is 0.326 e. The van der Waals surface area contributed by atoms with Gasteiger partial charge in [0.2, 0.25) is 0 Å². The highest BCUT2D eigenvalue weighted by atomic mass is 19.1. The van der Waals surface area contributed by atoms with Gasteiger partial charge in [-0.15, -0.1) is 0 Å². The van der Waals surface area contributed by atoms with Gasteiger partial charge in [-0.05, 0) is 87.1 Å². The lowest BCUT2D eigenvalue weighted by atomic mass is 10.0. The highest BCUT2D eigenvalue weighted by Crippen LogP contribution is 2.27.